The van der Waals surface area contributed by atoms with Crippen molar-refractivity contribution in [2.24, 2.45) is 0 Å². The van der Waals surface area contributed by atoms with Gasteiger partial charge in [-0.25, -0.2) is 9.78 Å². The summed E-state index contributed by atoms with van der Waals surface area (Å²) in [5, 5.41) is 7.24. The van der Waals surface area contributed by atoms with E-state index in [0.29, 0.717) is 11.3 Å². The van der Waals surface area contributed by atoms with Gasteiger partial charge in [-0.3, -0.25) is 14.5 Å². The van der Waals surface area contributed by atoms with Crippen LogP contribution >= 0.6 is 11.6 Å². The van der Waals surface area contributed by atoms with E-state index >= 15 is 0 Å². The molecule has 0 aliphatic carbocycles. The molecule has 0 spiro atoms. The molecule has 1 fully saturated rings. The molecule has 3 aromatic rings. The molecule has 1 aliphatic rings. The molecule has 146 valence electrons. The standard InChI is InChI=1S/C21H17ClN4O3/c1-21(15-9-4-7-13-6-2-3-8-14(13)15)19(28)26(20(29)25-21)12-17(27)24-16-10-5-11-23-18(16)22/h2-11H,12H2,1H3,(H,24,27)(H,25,29). The Bertz CT molecular complexity index is 1140. The number of urea groups is 1. The smallest absolute Gasteiger partial charge is 0.322 e. The largest absolute Gasteiger partial charge is 0.325 e. The van der Waals surface area contributed by atoms with Gasteiger partial charge in [0.2, 0.25) is 5.91 Å². The number of amides is 4. The maximum absolute atomic E-state index is 13.2. The second kappa shape index (κ2) is 7.18. The number of anilines is 1. The van der Waals surface area contributed by atoms with E-state index in [4.69, 9.17) is 11.6 Å². The maximum Gasteiger partial charge on any atom is 0.325 e. The van der Waals surface area contributed by atoms with Gasteiger partial charge in [-0.15, -0.1) is 0 Å². The van der Waals surface area contributed by atoms with E-state index in [1.165, 1.54) is 6.20 Å². The first-order chi connectivity index (χ1) is 13.9. The third-order valence-electron chi connectivity index (χ3n) is 4.94. The Morgan fingerprint density at radius 3 is 2.69 bits per heavy atom. The molecule has 29 heavy (non-hydrogen) atoms. The monoisotopic (exact) mass is 408 g/mol. The van der Waals surface area contributed by atoms with E-state index in [9.17, 15) is 14.4 Å². The number of fused-ring (bicyclic) bond motifs is 1. The Morgan fingerprint density at radius 1 is 1.14 bits per heavy atom. The zero-order valence-electron chi connectivity index (χ0n) is 15.5. The number of carbonyl (C=O) groups excluding carboxylic acids is 3. The molecule has 0 radical (unpaired) electrons. The summed E-state index contributed by atoms with van der Waals surface area (Å²) in [6.45, 7) is 1.21. The van der Waals surface area contributed by atoms with Gasteiger partial charge in [0.15, 0.2) is 5.15 Å². The van der Waals surface area contributed by atoms with Crippen molar-refractivity contribution in [2.45, 2.75) is 12.5 Å². The number of pyridine rings is 1. The maximum atomic E-state index is 13.2. The predicted octanol–water partition coefficient (Wildman–Crippen LogP) is 3.29. The molecule has 7 nitrogen and oxygen atoms in total. The third-order valence-corrected chi connectivity index (χ3v) is 5.24. The minimum Gasteiger partial charge on any atom is -0.322 e. The van der Waals surface area contributed by atoms with Gasteiger partial charge in [0.1, 0.15) is 12.1 Å². The SMILES string of the molecule is CC1(c2cccc3ccccc23)NC(=O)N(CC(=O)Nc2cccnc2Cl)C1=O. The lowest BCUT2D eigenvalue weighted by atomic mass is 9.88. The molecule has 4 rings (SSSR count). The van der Waals surface area contributed by atoms with E-state index in [1.807, 2.05) is 36.4 Å². The fraction of sp³-hybridized carbons (Fsp3) is 0.143. The Hall–Kier alpha value is -3.45. The van der Waals surface area contributed by atoms with E-state index < -0.39 is 29.9 Å². The lowest BCUT2D eigenvalue weighted by Crippen LogP contribution is -2.42. The van der Waals surface area contributed by atoms with Crippen LogP contribution in [0.5, 0.6) is 0 Å². The zero-order valence-corrected chi connectivity index (χ0v) is 16.2. The zero-order chi connectivity index (χ0) is 20.6. The van der Waals surface area contributed by atoms with Crippen LogP contribution in [0.1, 0.15) is 12.5 Å². The van der Waals surface area contributed by atoms with Crippen molar-refractivity contribution in [2.75, 3.05) is 11.9 Å². The summed E-state index contributed by atoms with van der Waals surface area (Å²) in [6.07, 6.45) is 1.49. The van der Waals surface area contributed by atoms with Crippen LogP contribution in [0.4, 0.5) is 10.5 Å². The van der Waals surface area contributed by atoms with E-state index in [1.54, 1.807) is 25.1 Å². The quantitative estimate of drug-likeness (QED) is 0.512. The highest BCUT2D eigenvalue weighted by Gasteiger charge is 2.50. The number of nitrogens with zero attached hydrogens (tertiary/aromatic N) is 2. The molecule has 1 saturated heterocycles. The number of hydrogen-bond acceptors (Lipinski definition) is 4. The second-order valence-corrected chi connectivity index (χ2v) is 7.22. The summed E-state index contributed by atoms with van der Waals surface area (Å²) in [5.41, 5.74) is -0.292. The number of aromatic nitrogens is 1. The van der Waals surface area contributed by atoms with Crippen LogP contribution in [0.15, 0.2) is 60.8 Å². The Labute approximate surface area is 171 Å². The lowest BCUT2D eigenvalue weighted by molar-refractivity contribution is -0.133. The topological polar surface area (TPSA) is 91.4 Å². The van der Waals surface area contributed by atoms with Gasteiger partial charge in [0.05, 0.1) is 5.69 Å². The number of hydrogen-bond donors (Lipinski definition) is 2. The number of imide groups is 1. The van der Waals surface area contributed by atoms with Gasteiger partial charge in [0, 0.05) is 6.20 Å². The van der Waals surface area contributed by atoms with Crippen molar-refractivity contribution in [1.82, 2.24) is 15.2 Å². The van der Waals surface area contributed by atoms with Gasteiger partial charge in [-0.2, -0.15) is 0 Å². The van der Waals surface area contributed by atoms with Crippen molar-refractivity contribution in [3.05, 3.63) is 71.5 Å². The van der Waals surface area contributed by atoms with E-state index in [-0.39, 0.29) is 5.15 Å². The second-order valence-electron chi connectivity index (χ2n) is 6.86. The summed E-state index contributed by atoms with van der Waals surface area (Å²) in [6, 6.07) is 15.8. The van der Waals surface area contributed by atoms with Crippen molar-refractivity contribution in [3.63, 3.8) is 0 Å². The number of nitrogens with one attached hydrogen (secondary N) is 2. The fourth-order valence-corrected chi connectivity index (χ4v) is 3.66. The first-order valence-electron chi connectivity index (χ1n) is 8.93. The van der Waals surface area contributed by atoms with E-state index in [2.05, 4.69) is 15.6 Å². The normalized spacial score (nSPS) is 18.8. The molecule has 1 aromatic heterocycles. The number of rotatable bonds is 4. The average molecular weight is 409 g/mol. The molecule has 2 heterocycles. The highest BCUT2D eigenvalue weighted by atomic mass is 35.5. The molecule has 4 amide bonds. The van der Waals surface area contributed by atoms with Gasteiger partial charge < -0.3 is 10.6 Å². The van der Waals surface area contributed by atoms with Gasteiger partial charge in [-0.1, -0.05) is 54.1 Å². The predicted molar refractivity (Wildman–Crippen MR) is 109 cm³/mol. The van der Waals surface area contributed by atoms with Crippen molar-refractivity contribution >= 4 is 45.9 Å². The highest BCUT2D eigenvalue weighted by Crippen LogP contribution is 2.33. The summed E-state index contributed by atoms with van der Waals surface area (Å²) < 4.78 is 0. The van der Waals surface area contributed by atoms with Gasteiger partial charge >= 0.3 is 6.03 Å². The molecule has 8 heteroatoms. The molecule has 1 atom stereocenters. The molecular formula is C21H17ClN4O3. The Balaban J connectivity index is 1.60. The summed E-state index contributed by atoms with van der Waals surface area (Å²) in [7, 11) is 0. The fourth-order valence-electron chi connectivity index (χ4n) is 3.50. The van der Waals surface area contributed by atoms with Crippen LogP contribution in [0, 0.1) is 0 Å². The van der Waals surface area contributed by atoms with Crippen LogP contribution in [-0.4, -0.2) is 34.3 Å². The van der Waals surface area contributed by atoms with Crippen molar-refractivity contribution < 1.29 is 14.4 Å². The molecule has 2 N–H and O–H groups in total. The molecular weight excluding hydrogens is 392 g/mol. The molecule has 0 bridgehead atoms. The average Bonchev–Trinajstić information content (AvgIpc) is 2.93. The van der Waals surface area contributed by atoms with Crippen LogP contribution in [0.3, 0.4) is 0 Å². The van der Waals surface area contributed by atoms with Crippen LogP contribution in [0.25, 0.3) is 10.8 Å². The summed E-state index contributed by atoms with van der Waals surface area (Å²) >= 11 is 5.94. The number of halogens is 1. The number of benzene rings is 2. The first kappa shape index (κ1) is 18.9. The summed E-state index contributed by atoms with van der Waals surface area (Å²) in [5.74, 6) is -1.04. The van der Waals surface area contributed by atoms with Crippen molar-refractivity contribution in [1.29, 1.82) is 0 Å². The van der Waals surface area contributed by atoms with Crippen LogP contribution in [0.2, 0.25) is 5.15 Å². The minimum atomic E-state index is -1.27. The lowest BCUT2D eigenvalue weighted by Gasteiger charge is -2.24. The third kappa shape index (κ3) is 3.30. The van der Waals surface area contributed by atoms with Crippen LogP contribution < -0.4 is 10.6 Å². The molecule has 1 unspecified atom stereocenters. The van der Waals surface area contributed by atoms with Crippen LogP contribution in [-0.2, 0) is 15.1 Å². The van der Waals surface area contributed by atoms with Gasteiger partial charge in [0.25, 0.3) is 5.91 Å². The first-order valence-corrected chi connectivity index (χ1v) is 9.30. The number of carbonyl (C=O) groups is 3. The van der Waals surface area contributed by atoms with Crippen molar-refractivity contribution in [3.8, 4) is 0 Å². The molecule has 0 saturated carbocycles. The molecule has 1 aliphatic heterocycles. The minimum absolute atomic E-state index is 0.124. The Morgan fingerprint density at radius 2 is 1.90 bits per heavy atom. The van der Waals surface area contributed by atoms with E-state index in [0.717, 1.165) is 15.7 Å². The van der Waals surface area contributed by atoms with Gasteiger partial charge in [-0.05, 0) is 35.4 Å². The summed E-state index contributed by atoms with van der Waals surface area (Å²) in [4.78, 5) is 42.9. The Kier molecular flexibility index (Phi) is 4.68. The molecule has 2 aromatic carbocycles. The highest BCUT2D eigenvalue weighted by molar-refractivity contribution is 6.32.